The zero-order valence-corrected chi connectivity index (χ0v) is 11.8. The molecule has 0 aliphatic carbocycles. The molecule has 2 heterocycles. The highest BCUT2D eigenvalue weighted by molar-refractivity contribution is 5.97. The SMILES string of the molecule is O=C(CC1CCCNC1)Nc1ccc2c(c1)NC(=O)CO2. The summed E-state index contributed by atoms with van der Waals surface area (Å²) in [5.41, 5.74) is 1.27. The van der Waals surface area contributed by atoms with Gasteiger partial charge in [0, 0.05) is 12.1 Å². The predicted molar refractivity (Wildman–Crippen MR) is 79.4 cm³/mol. The van der Waals surface area contributed by atoms with Crippen LogP contribution in [0.2, 0.25) is 0 Å². The van der Waals surface area contributed by atoms with Gasteiger partial charge in [-0.2, -0.15) is 0 Å². The van der Waals surface area contributed by atoms with Crippen LogP contribution in [0.5, 0.6) is 5.75 Å². The molecule has 2 aliphatic heterocycles. The summed E-state index contributed by atoms with van der Waals surface area (Å²) in [4.78, 5) is 23.3. The monoisotopic (exact) mass is 289 g/mol. The maximum atomic E-state index is 12.1. The van der Waals surface area contributed by atoms with Gasteiger partial charge < -0.3 is 20.7 Å². The van der Waals surface area contributed by atoms with Gasteiger partial charge in [0.1, 0.15) is 5.75 Å². The summed E-state index contributed by atoms with van der Waals surface area (Å²) in [5.74, 6) is 0.856. The summed E-state index contributed by atoms with van der Waals surface area (Å²) in [5, 5.41) is 8.92. The number of piperidine rings is 1. The lowest BCUT2D eigenvalue weighted by atomic mass is 9.96. The van der Waals surface area contributed by atoms with E-state index in [9.17, 15) is 9.59 Å². The minimum absolute atomic E-state index is 0.00621. The lowest BCUT2D eigenvalue weighted by Crippen LogP contribution is -2.32. The third kappa shape index (κ3) is 3.52. The van der Waals surface area contributed by atoms with Crippen LogP contribution < -0.4 is 20.7 Å². The number of carbonyl (C=O) groups excluding carboxylic acids is 2. The molecule has 112 valence electrons. The number of carbonyl (C=O) groups is 2. The maximum absolute atomic E-state index is 12.1. The van der Waals surface area contributed by atoms with Gasteiger partial charge in [-0.15, -0.1) is 0 Å². The standard InChI is InChI=1S/C15H19N3O3/c19-14(6-10-2-1-5-16-8-10)17-11-3-4-13-12(7-11)18-15(20)9-21-13/h3-4,7,10,16H,1-2,5-6,8-9H2,(H,17,19)(H,18,20). The van der Waals surface area contributed by atoms with Crippen molar-refractivity contribution >= 4 is 23.2 Å². The van der Waals surface area contributed by atoms with Gasteiger partial charge in [0.15, 0.2) is 6.61 Å². The van der Waals surface area contributed by atoms with Crippen LogP contribution in [0.15, 0.2) is 18.2 Å². The number of ether oxygens (including phenoxy) is 1. The van der Waals surface area contributed by atoms with Gasteiger partial charge >= 0.3 is 0 Å². The minimum atomic E-state index is -0.181. The molecule has 2 amide bonds. The predicted octanol–water partition coefficient (Wildman–Crippen LogP) is 1.35. The second kappa shape index (κ2) is 6.13. The van der Waals surface area contributed by atoms with Crippen molar-refractivity contribution in [2.45, 2.75) is 19.3 Å². The summed E-state index contributed by atoms with van der Waals surface area (Å²) in [6.45, 7) is 1.98. The van der Waals surface area contributed by atoms with Gasteiger partial charge in [0.25, 0.3) is 5.91 Å². The first-order chi connectivity index (χ1) is 10.2. The molecular weight excluding hydrogens is 270 g/mol. The number of fused-ring (bicyclic) bond motifs is 1. The molecule has 1 aromatic carbocycles. The second-order valence-corrected chi connectivity index (χ2v) is 5.51. The van der Waals surface area contributed by atoms with Crippen LogP contribution in [0, 0.1) is 5.92 Å². The molecule has 1 atom stereocenters. The quantitative estimate of drug-likeness (QED) is 0.784. The number of amides is 2. The van der Waals surface area contributed by atoms with Gasteiger partial charge in [0.05, 0.1) is 5.69 Å². The molecule has 3 N–H and O–H groups in total. The number of benzene rings is 1. The second-order valence-electron chi connectivity index (χ2n) is 5.51. The van der Waals surface area contributed by atoms with E-state index < -0.39 is 0 Å². The molecule has 1 aromatic rings. The van der Waals surface area contributed by atoms with E-state index in [-0.39, 0.29) is 18.4 Å². The van der Waals surface area contributed by atoms with Crippen LogP contribution in [0.25, 0.3) is 0 Å². The van der Waals surface area contributed by atoms with Crippen molar-refractivity contribution in [1.82, 2.24) is 5.32 Å². The Morgan fingerprint density at radius 1 is 1.43 bits per heavy atom. The van der Waals surface area contributed by atoms with E-state index in [4.69, 9.17) is 4.74 Å². The molecule has 0 aromatic heterocycles. The van der Waals surface area contributed by atoms with Gasteiger partial charge in [0.2, 0.25) is 5.91 Å². The van der Waals surface area contributed by atoms with Gasteiger partial charge in [-0.1, -0.05) is 0 Å². The van der Waals surface area contributed by atoms with Crippen molar-refractivity contribution in [3.63, 3.8) is 0 Å². The van der Waals surface area contributed by atoms with Gasteiger partial charge in [-0.3, -0.25) is 9.59 Å². The molecule has 2 aliphatic rings. The van der Waals surface area contributed by atoms with E-state index in [1.807, 2.05) is 0 Å². The largest absolute Gasteiger partial charge is 0.482 e. The highest BCUT2D eigenvalue weighted by Crippen LogP contribution is 2.30. The molecule has 6 heteroatoms. The molecule has 1 unspecified atom stereocenters. The fourth-order valence-corrected chi connectivity index (χ4v) is 2.73. The Hall–Kier alpha value is -2.08. The van der Waals surface area contributed by atoms with Crippen LogP contribution in [0.4, 0.5) is 11.4 Å². The smallest absolute Gasteiger partial charge is 0.262 e. The first-order valence-electron chi connectivity index (χ1n) is 7.28. The molecule has 1 fully saturated rings. The lowest BCUT2D eigenvalue weighted by Gasteiger charge is -2.22. The molecule has 0 saturated carbocycles. The Kier molecular flexibility index (Phi) is 4.06. The van der Waals surface area contributed by atoms with E-state index in [1.165, 1.54) is 0 Å². The Balaban J connectivity index is 1.60. The van der Waals surface area contributed by atoms with E-state index in [0.717, 1.165) is 25.9 Å². The van der Waals surface area contributed by atoms with Crippen molar-refractivity contribution in [3.05, 3.63) is 18.2 Å². The number of hydrogen-bond donors (Lipinski definition) is 3. The minimum Gasteiger partial charge on any atom is -0.482 e. The maximum Gasteiger partial charge on any atom is 0.262 e. The number of rotatable bonds is 3. The van der Waals surface area contributed by atoms with E-state index >= 15 is 0 Å². The zero-order valence-electron chi connectivity index (χ0n) is 11.8. The summed E-state index contributed by atoms with van der Waals surface area (Å²) in [6, 6.07) is 5.27. The normalized spacial score (nSPS) is 21.0. The lowest BCUT2D eigenvalue weighted by molar-refractivity contribution is -0.118. The van der Waals surface area contributed by atoms with Crippen LogP contribution >= 0.6 is 0 Å². The van der Waals surface area contributed by atoms with E-state index in [0.29, 0.717) is 29.5 Å². The summed E-state index contributed by atoms with van der Waals surface area (Å²) >= 11 is 0. The zero-order chi connectivity index (χ0) is 14.7. The third-order valence-corrected chi connectivity index (χ3v) is 3.77. The van der Waals surface area contributed by atoms with Crippen LogP contribution in [0.1, 0.15) is 19.3 Å². The van der Waals surface area contributed by atoms with Crippen molar-refractivity contribution < 1.29 is 14.3 Å². The molecular formula is C15H19N3O3. The summed E-state index contributed by atoms with van der Waals surface area (Å²) < 4.78 is 5.28. The molecule has 0 spiro atoms. The Labute approximate surface area is 123 Å². The third-order valence-electron chi connectivity index (χ3n) is 3.77. The number of anilines is 2. The number of hydrogen-bond acceptors (Lipinski definition) is 4. The van der Waals surface area contributed by atoms with Crippen molar-refractivity contribution in [2.24, 2.45) is 5.92 Å². The highest BCUT2D eigenvalue weighted by atomic mass is 16.5. The van der Waals surface area contributed by atoms with E-state index in [1.54, 1.807) is 18.2 Å². The average Bonchev–Trinajstić information content (AvgIpc) is 2.47. The number of nitrogens with one attached hydrogen (secondary N) is 3. The van der Waals surface area contributed by atoms with Gasteiger partial charge in [-0.25, -0.2) is 0 Å². The van der Waals surface area contributed by atoms with Crippen molar-refractivity contribution in [2.75, 3.05) is 30.3 Å². The first kappa shape index (κ1) is 13.9. The Bertz CT molecular complexity index is 553. The average molecular weight is 289 g/mol. The fourth-order valence-electron chi connectivity index (χ4n) is 2.73. The molecule has 1 saturated heterocycles. The molecule has 3 rings (SSSR count). The Morgan fingerprint density at radius 2 is 2.33 bits per heavy atom. The first-order valence-corrected chi connectivity index (χ1v) is 7.28. The highest BCUT2D eigenvalue weighted by Gasteiger charge is 2.19. The molecule has 0 bridgehead atoms. The molecule has 6 nitrogen and oxygen atoms in total. The van der Waals surface area contributed by atoms with Crippen LogP contribution in [-0.4, -0.2) is 31.5 Å². The topological polar surface area (TPSA) is 79.5 Å². The van der Waals surface area contributed by atoms with Crippen molar-refractivity contribution in [1.29, 1.82) is 0 Å². The van der Waals surface area contributed by atoms with Crippen molar-refractivity contribution in [3.8, 4) is 5.75 Å². The van der Waals surface area contributed by atoms with Crippen LogP contribution in [0.3, 0.4) is 0 Å². The fraction of sp³-hybridized carbons (Fsp3) is 0.467. The summed E-state index contributed by atoms with van der Waals surface area (Å²) in [6.07, 6.45) is 2.74. The molecule has 0 radical (unpaired) electrons. The molecule has 21 heavy (non-hydrogen) atoms. The Morgan fingerprint density at radius 3 is 3.14 bits per heavy atom. The van der Waals surface area contributed by atoms with E-state index in [2.05, 4.69) is 16.0 Å². The summed E-state index contributed by atoms with van der Waals surface area (Å²) in [7, 11) is 0. The van der Waals surface area contributed by atoms with Gasteiger partial charge in [-0.05, 0) is 50.0 Å². The van der Waals surface area contributed by atoms with Crippen LogP contribution in [-0.2, 0) is 9.59 Å².